The van der Waals surface area contributed by atoms with Gasteiger partial charge in [-0.15, -0.1) is 0 Å². The molecule has 21 heavy (non-hydrogen) atoms. The van der Waals surface area contributed by atoms with Crippen molar-refractivity contribution in [3.63, 3.8) is 0 Å². The van der Waals surface area contributed by atoms with E-state index < -0.39 is 11.6 Å². The lowest BCUT2D eigenvalue weighted by molar-refractivity contribution is 0.128. The van der Waals surface area contributed by atoms with Gasteiger partial charge in [-0.3, -0.25) is 0 Å². The molecule has 2 rings (SSSR count). The van der Waals surface area contributed by atoms with E-state index in [2.05, 4.69) is 31.2 Å². The highest BCUT2D eigenvalue weighted by atomic mass is 79.9. The van der Waals surface area contributed by atoms with Crippen LogP contribution in [0.1, 0.15) is 12.7 Å². The van der Waals surface area contributed by atoms with Crippen LogP contribution in [0.2, 0.25) is 5.15 Å². The summed E-state index contributed by atoms with van der Waals surface area (Å²) in [4.78, 5) is 8.15. The zero-order valence-electron chi connectivity index (χ0n) is 11.0. The average Bonchev–Trinajstić information content (AvgIpc) is 2.42. The largest absolute Gasteiger partial charge is 0.374 e. The molecule has 112 valence electrons. The van der Waals surface area contributed by atoms with Crippen molar-refractivity contribution < 1.29 is 13.5 Å². The molecule has 0 spiro atoms. The van der Waals surface area contributed by atoms with Gasteiger partial charge in [-0.2, -0.15) is 0 Å². The summed E-state index contributed by atoms with van der Waals surface area (Å²) in [7, 11) is 0. The Labute approximate surface area is 133 Å². The monoisotopic (exact) mass is 377 g/mol. The number of nitrogens with one attached hydrogen (secondary N) is 1. The Hall–Kier alpha value is -1.31. The first kappa shape index (κ1) is 16.1. The lowest BCUT2D eigenvalue weighted by Gasteiger charge is -2.09. The Balaban J connectivity index is 2.27. The summed E-state index contributed by atoms with van der Waals surface area (Å²) in [6, 6.07) is 3.49. The summed E-state index contributed by atoms with van der Waals surface area (Å²) in [5.41, 5.74) is 0.0698. The van der Waals surface area contributed by atoms with E-state index in [1.165, 1.54) is 12.1 Å². The maximum Gasteiger partial charge on any atom is 0.158 e. The van der Waals surface area contributed by atoms with Gasteiger partial charge in [0.2, 0.25) is 0 Å². The molecule has 0 aliphatic rings. The summed E-state index contributed by atoms with van der Waals surface area (Å²) in [6.07, 6.45) is 0. The number of hydrogen-bond acceptors (Lipinski definition) is 4. The third-order valence-electron chi connectivity index (χ3n) is 2.45. The number of aromatic nitrogens is 2. The van der Waals surface area contributed by atoms with Crippen LogP contribution in [0, 0.1) is 11.6 Å². The standard InChI is InChI=1S/C13H11BrClF2N3O/c1-2-21-6-13-19-11(15)5-12(20-13)18-10-3-7(14)8(16)4-9(10)17/h3-5H,2,6H2,1H3,(H,18,19,20). The van der Waals surface area contributed by atoms with Crippen molar-refractivity contribution in [3.05, 3.63) is 45.3 Å². The molecular formula is C13H11BrClF2N3O. The van der Waals surface area contributed by atoms with E-state index in [0.717, 1.165) is 6.07 Å². The topological polar surface area (TPSA) is 47.0 Å². The van der Waals surface area contributed by atoms with Gasteiger partial charge in [-0.05, 0) is 28.9 Å². The van der Waals surface area contributed by atoms with Crippen LogP contribution < -0.4 is 5.32 Å². The summed E-state index contributed by atoms with van der Waals surface area (Å²) in [5.74, 6) is -0.761. The number of anilines is 2. The number of rotatable bonds is 5. The number of hydrogen-bond donors (Lipinski definition) is 1. The quantitative estimate of drug-likeness (QED) is 0.617. The summed E-state index contributed by atoms with van der Waals surface area (Å²) < 4.78 is 32.2. The molecular weight excluding hydrogens is 368 g/mol. The lowest BCUT2D eigenvalue weighted by atomic mass is 10.3. The van der Waals surface area contributed by atoms with Crippen molar-refractivity contribution in [1.29, 1.82) is 0 Å². The van der Waals surface area contributed by atoms with Crippen molar-refractivity contribution in [3.8, 4) is 0 Å². The van der Waals surface area contributed by atoms with Crippen LogP contribution in [0.25, 0.3) is 0 Å². The van der Waals surface area contributed by atoms with Gasteiger partial charge in [0, 0.05) is 18.7 Å². The number of ether oxygens (including phenoxy) is 1. The number of nitrogens with zero attached hydrogens (tertiary/aromatic N) is 2. The SMILES string of the molecule is CCOCc1nc(Cl)cc(Nc2cc(Br)c(F)cc2F)n1. The molecule has 0 saturated heterocycles. The third kappa shape index (κ3) is 4.33. The van der Waals surface area contributed by atoms with Gasteiger partial charge in [0.1, 0.15) is 29.2 Å². The minimum atomic E-state index is -0.739. The highest BCUT2D eigenvalue weighted by molar-refractivity contribution is 9.10. The molecule has 1 aromatic carbocycles. The molecule has 0 aliphatic carbocycles. The van der Waals surface area contributed by atoms with Gasteiger partial charge in [-0.25, -0.2) is 18.7 Å². The third-order valence-corrected chi connectivity index (χ3v) is 3.25. The van der Waals surface area contributed by atoms with Crippen molar-refractivity contribution in [1.82, 2.24) is 9.97 Å². The van der Waals surface area contributed by atoms with Gasteiger partial charge in [0.25, 0.3) is 0 Å². The Morgan fingerprint density at radius 2 is 2.00 bits per heavy atom. The first-order valence-corrected chi connectivity index (χ1v) is 7.19. The Morgan fingerprint density at radius 3 is 2.71 bits per heavy atom. The molecule has 0 amide bonds. The Morgan fingerprint density at radius 1 is 1.24 bits per heavy atom. The normalized spacial score (nSPS) is 10.7. The molecule has 0 saturated carbocycles. The van der Waals surface area contributed by atoms with E-state index in [0.29, 0.717) is 18.2 Å². The second-order valence-corrected chi connectivity index (χ2v) is 5.24. The average molecular weight is 379 g/mol. The fourth-order valence-electron chi connectivity index (χ4n) is 1.54. The molecule has 8 heteroatoms. The highest BCUT2D eigenvalue weighted by Gasteiger charge is 2.10. The molecule has 0 unspecified atom stereocenters. The van der Waals surface area contributed by atoms with Crippen LogP contribution in [-0.4, -0.2) is 16.6 Å². The van der Waals surface area contributed by atoms with Gasteiger partial charge in [-0.1, -0.05) is 11.6 Å². The van der Waals surface area contributed by atoms with Gasteiger partial charge in [0.15, 0.2) is 5.82 Å². The Bertz CT molecular complexity index is 658. The molecule has 1 aromatic heterocycles. The molecule has 2 aromatic rings. The second-order valence-electron chi connectivity index (χ2n) is 4.00. The van der Waals surface area contributed by atoms with Crippen LogP contribution in [0.15, 0.2) is 22.7 Å². The fourth-order valence-corrected chi connectivity index (χ4v) is 2.09. The molecule has 0 aliphatic heterocycles. The minimum absolute atomic E-state index is 0.0698. The van der Waals surface area contributed by atoms with Crippen LogP contribution in [0.3, 0.4) is 0 Å². The maximum absolute atomic E-state index is 13.7. The number of halogens is 4. The van der Waals surface area contributed by atoms with Gasteiger partial charge >= 0.3 is 0 Å². The zero-order valence-corrected chi connectivity index (χ0v) is 13.3. The first-order valence-electron chi connectivity index (χ1n) is 6.02. The predicted octanol–water partition coefficient (Wildman–Crippen LogP) is 4.45. The van der Waals surface area contributed by atoms with Crippen molar-refractivity contribution in [2.24, 2.45) is 0 Å². The smallest absolute Gasteiger partial charge is 0.158 e. The molecule has 0 atom stereocenters. The maximum atomic E-state index is 13.7. The Kier molecular flexibility index (Phi) is 5.44. The van der Waals surface area contributed by atoms with E-state index in [9.17, 15) is 8.78 Å². The summed E-state index contributed by atoms with van der Waals surface area (Å²) in [6.45, 7) is 2.55. The van der Waals surface area contributed by atoms with Crippen molar-refractivity contribution in [2.75, 3.05) is 11.9 Å². The van der Waals surface area contributed by atoms with E-state index in [-0.39, 0.29) is 21.9 Å². The first-order chi connectivity index (χ1) is 9.99. The van der Waals surface area contributed by atoms with Crippen LogP contribution in [-0.2, 0) is 11.3 Å². The second kappa shape index (κ2) is 7.11. The molecule has 4 nitrogen and oxygen atoms in total. The molecule has 0 radical (unpaired) electrons. The van der Waals surface area contributed by atoms with Crippen molar-refractivity contribution in [2.45, 2.75) is 13.5 Å². The van der Waals surface area contributed by atoms with Crippen molar-refractivity contribution >= 4 is 39.0 Å². The van der Waals surface area contributed by atoms with Crippen LogP contribution in [0.5, 0.6) is 0 Å². The van der Waals surface area contributed by atoms with Gasteiger partial charge < -0.3 is 10.1 Å². The minimum Gasteiger partial charge on any atom is -0.374 e. The predicted molar refractivity (Wildman–Crippen MR) is 79.7 cm³/mol. The molecule has 0 fully saturated rings. The summed E-state index contributed by atoms with van der Waals surface area (Å²) in [5, 5.41) is 2.93. The van der Waals surface area contributed by atoms with Gasteiger partial charge in [0.05, 0.1) is 10.2 Å². The van der Waals surface area contributed by atoms with E-state index in [4.69, 9.17) is 16.3 Å². The summed E-state index contributed by atoms with van der Waals surface area (Å²) >= 11 is 8.88. The van der Waals surface area contributed by atoms with Crippen LogP contribution >= 0.6 is 27.5 Å². The van der Waals surface area contributed by atoms with E-state index in [1.807, 2.05) is 6.92 Å². The van der Waals surface area contributed by atoms with E-state index in [1.54, 1.807) is 0 Å². The molecule has 0 bridgehead atoms. The molecule has 1 N–H and O–H groups in total. The zero-order chi connectivity index (χ0) is 15.4. The van der Waals surface area contributed by atoms with Crippen LogP contribution in [0.4, 0.5) is 20.3 Å². The molecule has 1 heterocycles. The lowest BCUT2D eigenvalue weighted by Crippen LogP contribution is -2.04. The number of benzene rings is 1. The van der Waals surface area contributed by atoms with E-state index >= 15 is 0 Å². The fraction of sp³-hybridized carbons (Fsp3) is 0.231. The highest BCUT2D eigenvalue weighted by Crippen LogP contribution is 2.26.